The lowest BCUT2D eigenvalue weighted by Gasteiger charge is -2.21. The average molecular weight is 266 g/mol. The maximum Gasteiger partial charge on any atom is 0.137 e. The van der Waals surface area contributed by atoms with Crippen molar-refractivity contribution < 1.29 is 0 Å². The lowest BCUT2D eigenvalue weighted by atomic mass is 10.2. The Morgan fingerprint density at radius 1 is 1.33 bits per heavy atom. The van der Waals surface area contributed by atoms with E-state index in [4.69, 9.17) is 16.6 Å². The Balaban J connectivity index is 1.84. The second-order valence-corrected chi connectivity index (χ2v) is 6.31. The summed E-state index contributed by atoms with van der Waals surface area (Å²) in [6, 6.07) is 0. The highest BCUT2D eigenvalue weighted by molar-refractivity contribution is 6.30. The Hall–Kier alpha value is -0.830. The van der Waals surface area contributed by atoms with Crippen LogP contribution in [0.4, 0.5) is 5.82 Å². The van der Waals surface area contributed by atoms with Crippen LogP contribution in [-0.4, -0.2) is 23.6 Å². The van der Waals surface area contributed by atoms with Crippen molar-refractivity contribution in [3.8, 4) is 0 Å². The van der Waals surface area contributed by atoms with Gasteiger partial charge in [-0.1, -0.05) is 18.5 Å². The summed E-state index contributed by atoms with van der Waals surface area (Å²) in [6.45, 7) is 5.41. The molecule has 3 nitrogen and oxygen atoms in total. The summed E-state index contributed by atoms with van der Waals surface area (Å²) in [7, 11) is 2.12. The van der Waals surface area contributed by atoms with Gasteiger partial charge < -0.3 is 4.90 Å². The smallest absolute Gasteiger partial charge is 0.137 e. The Morgan fingerprint density at radius 2 is 2.00 bits per heavy atom. The van der Waals surface area contributed by atoms with E-state index in [2.05, 4.69) is 23.9 Å². The molecule has 0 amide bonds. The average Bonchev–Trinajstić information content (AvgIpc) is 3.20. The van der Waals surface area contributed by atoms with Gasteiger partial charge in [-0.2, -0.15) is 0 Å². The lowest BCUT2D eigenvalue weighted by molar-refractivity contribution is 0.713. The van der Waals surface area contributed by atoms with Crippen LogP contribution in [-0.2, 0) is 0 Å². The van der Waals surface area contributed by atoms with Gasteiger partial charge in [0.2, 0.25) is 0 Å². The zero-order valence-corrected chi connectivity index (χ0v) is 12.0. The van der Waals surface area contributed by atoms with E-state index in [9.17, 15) is 0 Å². The van der Waals surface area contributed by atoms with Gasteiger partial charge in [0.15, 0.2) is 0 Å². The van der Waals surface area contributed by atoms with E-state index in [0.717, 1.165) is 35.6 Å². The zero-order chi connectivity index (χ0) is 12.9. The van der Waals surface area contributed by atoms with E-state index in [0.29, 0.717) is 11.1 Å². The molecule has 2 unspecified atom stereocenters. The summed E-state index contributed by atoms with van der Waals surface area (Å²) in [5, 5.41) is 0.623. The minimum Gasteiger partial charge on any atom is -0.359 e. The highest BCUT2D eigenvalue weighted by Crippen LogP contribution is 2.41. The first-order chi connectivity index (χ1) is 8.56. The maximum atomic E-state index is 6.24. The van der Waals surface area contributed by atoms with Gasteiger partial charge in [0.25, 0.3) is 0 Å². The van der Waals surface area contributed by atoms with Gasteiger partial charge >= 0.3 is 0 Å². The molecule has 2 aliphatic rings. The molecule has 2 saturated carbocycles. The molecule has 2 atom stereocenters. The van der Waals surface area contributed by atoms with E-state index in [1.165, 1.54) is 19.3 Å². The quantitative estimate of drug-likeness (QED) is 0.782. The topological polar surface area (TPSA) is 29.0 Å². The number of hydrogen-bond acceptors (Lipinski definition) is 3. The van der Waals surface area contributed by atoms with Crippen molar-refractivity contribution in [1.29, 1.82) is 0 Å². The molecule has 3 rings (SSSR count). The summed E-state index contributed by atoms with van der Waals surface area (Å²) in [4.78, 5) is 11.4. The second-order valence-electron chi connectivity index (χ2n) is 5.95. The largest absolute Gasteiger partial charge is 0.359 e. The fourth-order valence-electron chi connectivity index (χ4n) is 2.48. The molecule has 2 aliphatic carbocycles. The van der Waals surface area contributed by atoms with Gasteiger partial charge in [0.1, 0.15) is 16.8 Å². The third kappa shape index (κ3) is 2.33. The summed E-state index contributed by atoms with van der Waals surface area (Å²) < 4.78 is 0. The Morgan fingerprint density at radius 3 is 2.56 bits per heavy atom. The van der Waals surface area contributed by atoms with E-state index in [-0.39, 0.29) is 0 Å². The molecule has 1 aromatic heterocycles. The molecule has 2 fully saturated rings. The molecule has 1 heterocycles. The van der Waals surface area contributed by atoms with Gasteiger partial charge in [0.05, 0.1) is 0 Å². The van der Waals surface area contributed by atoms with Crippen LogP contribution < -0.4 is 4.90 Å². The van der Waals surface area contributed by atoms with Crippen LogP contribution in [0.1, 0.15) is 43.5 Å². The molecule has 0 aromatic carbocycles. The van der Waals surface area contributed by atoms with Crippen LogP contribution in [0.25, 0.3) is 0 Å². The molecule has 0 radical (unpaired) electrons. The monoisotopic (exact) mass is 265 g/mol. The van der Waals surface area contributed by atoms with Crippen molar-refractivity contribution in [1.82, 2.24) is 9.97 Å². The molecule has 0 bridgehead atoms. The van der Waals surface area contributed by atoms with Gasteiger partial charge in [-0.25, -0.2) is 9.97 Å². The van der Waals surface area contributed by atoms with Gasteiger partial charge in [-0.05, 0) is 38.0 Å². The van der Waals surface area contributed by atoms with Crippen molar-refractivity contribution in [3.63, 3.8) is 0 Å². The van der Waals surface area contributed by atoms with Crippen molar-refractivity contribution in [3.05, 3.63) is 16.5 Å². The first-order valence-electron chi connectivity index (χ1n) is 6.81. The molecule has 0 saturated heterocycles. The molecule has 1 aromatic rings. The predicted octanol–water partition coefficient (Wildman–Crippen LogP) is 3.41. The number of hydrogen-bond donors (Lipinski definition) is 0. The summed E-state index contributed by atoms with van der Waals surface area (Å²) in [6.07, 6.45) is 3.77. The molecule has 98 valence electrons. The first kappa shape index (κ1) is 12.2. The number of rotatable bonds is 4. The number of aromatic nitrogens is 2. The second kappa shape index (κ2) is 4.37. The van der Waals surface area contributed by atoms with Gasteiger partial charge in [0, 0.05) is 25.1 Å². The zero-order valence-electron chi connectivity index (χ0n) is 11.3. The Bertz CT molecular complexity index is 470. The predicted molar refractivity (Wildman–Crippen MR) is 74.3 cm³/mol. The number of halogens is 1. The van der Waals surface area contributed by atoms with E-state index < -0.39 is 0 Å². The van der Waals surface area contributed by atoms with Crippen LogP contribution in [0.5, 0.6) is 0 Å². The van der Waals surface area contributed by atoms with Crippen LogP contribution in [0, 0.1) is 18.8 Å². The highest BCUT2D eigenvalue weighted by Gasteiger charge is 2.34. The molecule has 0 aliphatic heterocycles. The summed E-state index contributed by atoms with van der Waals surface area (Å²) in [5.74, 6) is 4.21. The summed E-state index contributed by atoms with van der Waals surface area (Å²) in [5.41, 5.74) is 1.01. The summed E-state index contributed by atoms with van der Waals surface area (Å²) >= 11 is 6.24. The van der Waals surface area contributed by atoms with E-state index in [1.54, 1.807) is 0 Å². The minimum absolute atomic E-state index is 0.551. The fourth-order valence-corrected chi connectivity index (χ4v) is 2.65. The van der Waals surface area contributed by atoms with Gasteiger partial charge in [-0.3, -0.25) is 0 Å². The lowest BCUT2D eigenvalue weighted by Crippen LogP contribution is -2.23. The van der Waals surface area contributed by atoms with Crippen molar-refractivity contribution >= 4 is 17.4 Å². The van der Waals surface area contributed by atoms with Crippen LogP contribution in [0.3, 0.4) is 0 Å². The van der Waals surface area contributed by atoms with Crippen molar-refractivity contribution in [2.45, 2.75) is 39.0 Å². The van der Waals surface area contributed by atoms with Crippen molar-refractivity contribution in [2.24, 2.45) is 11.8 Å². The maximum absolute atomic E-state index is 6.24. The Labute approximate surface area is 114 Å². The molecular formula is C14H20ClN3. The third-order valence-electron chi connectivity index (χ3n) is 4.17. The number of nitrogens with zero attached hydrogens (tertiary/aromatic N) is 3. The molecule has 4 heteroatoms. The SMILES string of the molecule is Cc1c(Cl)nc(C2CC2)nc1N(C)CC1CC1C. The van der Waals surface area contributed by atoms with Crippen LogP contribution >= 0.6 is 11.6 Å². The first-order valence-corrected chi connectivity index (χ1v) is 7.19. The van der Waals surface area contributed by atoms with Crippen LogP contribution in [0.2, 0.25) is 5.15 Å². The number of anilines is 1. The van der Waals surface area contributed by atoms with E-state index >= 15 is 0 Å². The van der Waals surface area contributed by atoms with E-state index in [1.807, 2.05) is 6.92 Å². The molecular weight excluding hydrogens is 246 g/mol. The molecule has 18 heavy (non-hydrogen) atoms. The van der Waals surface area contributed by atoms with Crippen LogP contribution in [0.15, 0.2) is 0 Å². The Kier molecular flexibility index (Phi) is 2.97. The standard InChI is InChI=1S/C14H20ClN3/c1-8-6-11(8)7-18(3)14-9(2)12(15)16-13(17-14)10-4-5-10/h8,10-11H,4-7H2,1-3H3. The fraction of sp³-hybridized carbons (Fsp3) is 0.714. The normalized spacial score (nSPS) is 26.2. The van der Waals surface area contributed by atoms with Crippen molar-refractivity contribution in [2.75, 3.05) is 18.5 Å². The minimum atomic E-state index is 0.551. The molecule has 0 spiro atoms. The third-order valence-corrected chi connectivity index (χ3v) is 4.53. The highest BCUT2D eigenvalue weighted by atomic mass is 35.5. The molecule has 0 N–H and O–H groups in total. The van der Waals surface area contributed by atoms with Gasteiger partial charge in [-0.15, -0.1) is 0 Å².